The van der Waals surface area contributed by atoms with Gasteiger partial charge in [-0.25, -0.2) is 0 Å². The minimum Gasteiger partial charge on any atom is -0.507 e. The van der Waals surface area contributed by atoms with Gasteiger partial charge in [0.05, 0.1) is 12.7 Å². The van der Waals surface area contributed by atoms with Crippen molar-refractivity contribution in [1.29, 1.82) is 0 Å². The highest BCUT2D eigenvalue weighted by Gasteiger charge is 2.25. The molecule has 1 aliphatic rings. The average molecular weight is 288 g/mol. The van der Waals surface area contributed by atoms with Crippen molar-refractivity contribution in [3.05, 3.63) is 24.0 Å². The third-order valence-corrected chi connectivity index (χ3v) is 4.18. The summed E-state index contributed by atoms with van der Waals surface area (Å²) in [5.41, 5.74) is 0.540. The zero-order chi connectivity index (χ0) is 14.8. The second-order valence-electron chi connectivity index (χ2n) is 5.81. The Kier molecular flexibility index (Phi) is 3.82. The predicted octanol–water partition coefficient (Wildman–Crippen LogP) is 3.74. The largest absolute Gasteiger partial charge is 0.507 e. The van der Waals surface area contributed by atoms with Crippen LogP contribution in [0.4, 0.5) is 0 Å². The summed E-state index contributed by atoms with van der Waals surface area (Å²) in [6.45, 7) is 2.27. The molecule has 1 heterocycles. The van der Waals surface area contributed by atoms with E-state index in [4.69, 9.17) is 9.26 Å². The van der Waals surface area contributed by atoms with Crippen molar-refractivity contribution in [1.82, 2.24) is 10.1 Å². The van der Waals surface area contributed by atoms with Gasteiger partial charge in [0.1, 0.15) is 11.5 Å². The van der Waals surface area contributed by atoms with E-state index in [0.717, 1.165) is 18.7 Å². The van der Waals surface area contributed by atoms with Crippen LogP contribution in [0.1, 0.15) is 44.3 Å². The van der Waals surface area contributed by atoms with Gasteiger partial charge in [-0.3, -0.25) is 0 Å². The Morgan fingerprint density at radius 1 is 1.33 bits per heavy atom. The topological polar surface area (TPSA) is 68.4 Å². The molecule has 2 unspecified atom stereocenters. The van der Waals surface area contributed by atoms with E-state index in [1.807, 2.05) is 0 Å². The molecule has 5 heteroatoms. The first-order valence-corrected chi connectivity index (χ1v) is 7.38. The number of nitrogens with zero attached hydrogens (tertiary/aromatic N) is 2. The minimum absolute atomic E-state index is 0.0848. The lowest BCUT2D eigenvalue weighted by molar-refractivity contribution is 0.324. The highest BCUT2D eigenvalue weighted by molar-refractivity contribution is 5.63. The summed E-state index contributed by atoms with van der Waals surface area (Å²) in [5.74, 6) is 2.88. The molecule has 1 N–H and O–H groups in total. The van der Waals surface area contributed by atoms with Crippen LogP contribution in [0.3, 0.4) is 0 Å². The molecule has 0 bridgehead atoms. The van der Waals surface area contributed by atoms with Crippen LogP contribution < -0.4 is 4.74 Å². The molecule has 2 atom stereocenters. The van der Waals surface area contributed by atoms with Crippen LogP contribution in [0, 0.1) is 5.92 Å². The van der Waals surface area contributed by atoms with Crippen LogP contribution in [0.15, 0.2) is 22.7 Å². The summed E-state index contributed by atoms with van der Waals surface area (Å²) >= 11 is 0. The number of aromatic hydroxyl groups is 1. The average Bonchev–Trinajstić information content (AvgIpc) is 2.96. The molecule has 0 radical (unpaired) electrons. The van der Waals surface area contributed by atoms with Crippen molar-refractivity contribution in [3.63, 3.8) is 0 Å². The zero-order valence-corrected chi connectivity index (χ0v) is 12.4. The number of phenolic OH excluding ortho intramolecular Hbond substituents is 1. The molecule has 1 aliphatic carbocycles. The highest BCUT2D eigenvalue weighted by Crippen LogP contribution is 2.36. The van der Waals surface area contributed by atoms with Crippen LogP contribution in [0.25, 0.3) is 11.5 Å². The standard InChI is InChI=1S/C16H20N2O3/c1-10-4-3-5-11(8-10)15-17-16(21-18-15)13-7-6-12(20-2)9-14(13)19/h6-7,9-11,19H,3-5,8H2,1-2H3. The summed E-state index contributed by atoms with van der Waals surface area (Å²) in [6.07, 6.45) is 4.70. The van der Waals surface area contributed by atoms with Crippen molar-refractivity contribution in [2.45, 2.75) is 38.5 Å². The van der Waals surface area contributed by atoms with E-state index in [1.54, 1.807) is 25.3 Å². The van der Waals surface area contributed by atoms with Gasteiger partial charge in [-0.1, -0.05) is 24.9 Å². The number of benzene rings is 1. The van der Waals surface area contributed by atoms with Gasteiger partial charge in [-0.2, -0.15) is 4.98 Å². The molecule has 1 aromatic heterocycles. The van der Waals surface area contributed by atoms with Crippen molar-refractivity contribution < 1.29 is 14.4 Å². The molecule has 0 spiro atoms. The third kappa shape index (κ3) is 2.86. The lowest BCUT2D eigenvalue weighted by Crippen LogP contribution is -2.12. The normalized spacial score (nSPS) is 22.2. The third-order valence-electron chi connectivity index (χ3n) is 4.18. The van der Waals surface area contributed by atoms with E-state index in [1.165, 1.54) is 12.8 Å². The monoisotopic (exact) mass is 288 g/mol. The van der Waals surface area contributed by atoms with Crippen molar-refractivity contribution in [3.8, 4) is 23.0 Å². The Labute approximate surface area is 123 Å². The number of phenols is 1. The second kappa shape index (κ2) is 5.76. The summed E-state index contributed by atoms with van der Waals surface area (Å²) < 4.78 is 10.4. The van der Waals surface area contributed by atoms with Crippen LogP contribution in [-0.4, -0.2) is 22.4 Å². The molecule has 0 saturated heterocycles. The van der Waals surface area contributed by atoms with Crippen LogP contribution in [-0.2, 0) is 0 Å². The van der Waals surface area contributed by atoms with E-state index in [0.29, 0.717) is 29.0 Å². The Balaban J connectivity index is 1.84. The number of rotatable bonds is 3. The maximum atomic E-state index is 10.0. The molecule has 3 rings (SSSR count). The molecule has 112 valence electrons. The van der Waals surface area contributed by atoms with Gasteiger partial charge in [-0.15, -0.1) is 0 Å². The predicted molar refractivity (Wildman–Crippen MR) is 78.3 cm³/mol. The molecular weight excluding hydrogens is 268 g/mol. The van der Waals surface area contributed by atoms with Crippen LogP contribution >= 0.6 is 0 Å². The number of ether oxygens (including phenoxy) is 1. The summed E-state index contributed by atoms with van der Waals surface area (Å²) in [6, 6.07) is 5.04. The Morgan fingerprint density at radius 3 is 2.90 bits per heavy atom. The fourth-order valence-electron chi connectivity index (χ4n) is 3.00. The van der Waals surface area contributed by atoms with Crippen molar-refractivity contribution >= 4 is 0 Å². The number of hydrogen-bond donors (Lipinski definition) is 1. The van der Waals surface area contributed by atoms with E-state index in [9.17, 15) is 5.11 Å². The van der Waals surface area contributed by atoms with E-state index < -0.39 is 0 Å². The fourth-order valence-corrected chi connectivity index (χ4v) is 3.00. The molecular formula is C16H20N2O3. The highest BCUT2D eigenvalue weighted by atomic mass is 16.5. The van der Waals surface area contributed by atoms with E-state index in [2.05, 4.69) is 17.1 Å². The molecule has 1 saturated carbocycles. The Bertz CT molecular complexity index is 624. The zero-order valence-electron chi connectivity index (χ0n) is 12.4. The summed E-state index contributed by atoms with van der Waals surface area (Å²) in [5, 5.41) is 14.1. The summed E-state index contributed by atoms with van der Waals surface area (Å²) in [4.78, 5) is 4.48. The number of hydrogen-bond acceptors (Lipinski definition) is 5. The number of aromatic nitrogens is 2. The van der Waals surface area contributed by atoms with Gasteiger partial charge < -0.3 is 14.4 Å². The fraction of sp³-hybridized carbons (Fsp3) is 0.500. The second-order valence-corrected chi connectivity index (χ2v) is 5.81. The molecule has 1 fully saturated rings. The van der Waals surface area contributed by atoms with Crippen molar-refractivity contribution in [2.75, 3.05) is 7.11 Å². The maximum absolute atomic E-state index is 10.0. The smallest absolute Gasteiger partial charge is 0.261 e. The van der Waals surface area contributed by atoms with Gasteiger partial charge in [0.25, 0.3) is 5.89 Å². The Hall–Kier alpha value is -2.04. The first-order chi connectivity index (χ1) is 10.2. The number of methoxy groups -OCH3 is 1. The maximum Gasteiger partial charge on any atom is 0.261 e. The molecule has 0 aliphatic heterocycles. The summed E-state index contributed by atoms with van der Waals surface area (Å²) in [7, 11) is 1.56. The first kappa shape index (κ1) is 13.9. The van der Waals surface area contributed by atoms with Crippen LogP contribution in [0.2, 0.25) is 0 Å². The van der Waals surface area contributed by atoms with Gasteiger partial charge in [-0.05, 0) is 30.9 Å². The minimum atomic E-state index is 0.0848. The van der Waals surface area contributed by atoms with E-state index >= 15 is 0 Å². The van der Waals surface area contributed by atoms with Crippen molar-refractivity contribution in [2.24, 2.45) is 5.92 Å². The first-order valence-electron chi connectivity index (χ1n) is 7.38. The SMILES string of the molecule is COc1ccc(-c2nc(C3CCCC(C)C3)no2)c(O)c1. The Morgan fingerprint density at radius 2 is 2.19 bits per heavy atom. The quantitative estimate of drug-likeness (QED) is 0.931. The van der Waals surface area contributed by atoms with Crippen LogP contribution in [0.5, 0.6) is 11.5 Å². The van der Waals surface area contributed by atoms with Gasteiger partial charge >= 0.3 is 0 Å². The van der Waals surface area contributed by atoms with E-state index in [-0.39, 0.29) is 5.75 Å². The van der Waals surface area contributed by atoms with Gasteiger partial charge in [0, 0.05) is 12.0 Å². The lowest BCUT2D eigenvalue weighted by Gasteiger charge is -2.23. The molecule has 0 amide bonds. The van der Waals surface area contributed by atoms with Gasteiger partial charge in [0.2, 0.25) is 0 Å². The van der Waals surface area contributed by atoms with Gasteiger partial charge in [0.15, 0.2) is 5.82 Å². The molecule has 21 heavy (non-hydrogen) atoms. The molecule has 2 aromatic rings. The lowest BCUT2D eigenvalue weighted by atomic mass is 9.82. The molecule has 1 aromatic carbocycles. The molecule has 5 nitrogen and oxygen atoms in total.